The lowest BCUT2D eigenvalue weighted by Crippen LogP contribution is -3.00. The first kappa shape index (κ1) is 28.7. The van der Waals surface area contributed by atoms with Crippen molar-refractivity contribution in [3.63, 3.8) is 0 Å². The monoisotopic (exact) mass is 573 g/mol. The Bertz CT molecular complexity index is 1650. The maximum Gasteiger partial charge on any atom is 0.231 e. The summed E-state index contributed by atoms with van der Waals surface area (Å²) in [6.07, 6.45) is 1.85. The molecule has 0 atom stereocenters. The highest BCUT2D eigenvalue weighted by Crippen LogP contribution is 2.45. The summed E-state index contributed by atoms with van der Waals surface area (Å²) in [5, 5.41) is 2.00. The highest BCUT2D eigenvalue weighted by Gasteiger charge is 2.36. The van der Waals surface area contributed by atoms with E-state index in [1.807, 2.05) is 6.07 Å². The van der Waals surface area contributed by atoms with E-state index >= 15 is 0 Å². The van der Waals surface area contributed by atoms with Crippen LogP contribution in [0.4, 0.5) is 0 Å². The second-order valence-corrected chi connectivity index (χ2v) is 11.8. The van der Waals surface area contributed by atoms with E-state index in [9.17, 15) is 4.79 Å². The van der Waals surface area contributed by atoms with Gasteiger partial charge in [0.2, 0.25) is 18.2 Å². The molecule has 0 radical (unpaired) electrons. The lowest BCUT2D eigenvalue weighted by atomic mass is 9.84. The summed E-state index contributed by atoms with van der Waals surface area (Å²) in [5.74, 6) is 2.96. The molecule has 41 heavy (non-hydrogen) atoms. The lowest BCUT2D eigenvalue weighted by molar-refractivity contribution is -0.693. The number of rotatable bonds is 6. The van der Waals surface area contributed by atoms with Crippen LogP contribution in [0.3, 0.4) is 0 Å². The Hall–Kier alpha value is -3.77. The number of hydrogen-bond acceptors (Lipinski definition) is 5. The minimum atomic E-state index is 0. The molecule has 214 valence electrons. The third kappa shape index (κ3) is 4.99. The lowest BCUT2D eigenvalue weighted by Gasteiger charge is -2.24. The van der Waals surface area contributed by atoms with Crippen molar-refractivity contribution in [3.8, 4) is 34.3 Å². The molecular weight excluding hydrogens is 538 g/mol. The largest absolute Gasteiger partial charge is 1.00 e. The van der Waals surface area contributed by atoms with Gasteiger partial charge >= 0.3 is 0 Å². The predicted molar refractivity (Wildman–Crippen MR) is 155 cm³/mol. The van der Waals surface area contributed by atoms with E-state index in [2.05, 4.69) is 67.8 Å². The number of pyridine rings is 1. The summed E-state index contributed by atoms with van der Waals surface area (Å²) in [4.78, 5) is 12.7. The summed E-state index contributed by atoms with van der Waals surface area (Å²) < 4.78 is 25.5. The maximum atomic E-state index is 12.7. The Balaban J connectivity index is 0.00000337. The molecule has 2 aliphatic rings. The number of ketones is 1. The Morgan fingerprint density at radius 2 is 1.68 bits per heavy atom. The molecule has 7 heteroatoms. The van der Waals surface area contributed by atoms with Crippen molar-refractivity contribution in [1.29, 1.82) is 0 Å². The topological polar surface area (TPSA) is 57.9 Å². The van der Waals surface area contributed by atoms with Gasteiger partial charge in [-0.1, -0.05) is 45.0 Å². The summed E-state index contributed by atoms with van der Waals surface area (Å²) in [6, 6.07) is 17.2. The van der Waals surface area contributed by atoms with Gasteiger partial charge in [-0.2, -0.15) is 4.57 Å². The van der Waals surface area contributed by atoms with E-state index in [1.165, 1.54) is 22.3 Å². The molecule has 3 heterocycles. The number of aromatic nitrogens is 1. The molecule has 0 saturated carbocycles. The quantitative estimate of drug-likeness (QED) is 0.332. The van der Waals surface area contributed by atoms with E-state index in [0.29, 0.717) is 17.9 Å². The third-order valence-electron chi connectivity index (χ3n) is 8.12. The van der Waals surface area contributed by atoms with Crippen LogP contribution in [0.1, 0.15) is 55.6 Å². The molecule has 1 aromatic heterocycles. The van der Waals surface area contributed by atoms with Crippen molar-refractivity contribution < 1.29 is 40.7 Å². The van der Waals surface area contributed by atoms with Crippen LogP contribution < -0.4 is 35.9 Å². The standard InChI is InChI=1S/C34H36NO5.ClH/c1-20(36)15-27-31-24(11-12-28(37-5)33(31)38-6)26(16-21-7-9-23(10-8-21)34(2,3)4)32-25-18-30-29(39-19-40-30)17-22(25)13-14-35(27)32;/h7-12,17-18H,13-16,19H2,1-6H3;1H/q+1;/p-1. The first-order valence-electron chi connectivity index (χ1n) is 13.8. The van der Waals surface area contributed by atoms with Gasteiger partial charge in [0.15, 0.2) is 29.5 Å². The fourth-order valence-corrected chi connectivity index (χ4v) is 6.15. The van der Waals surface area contributed by atoms with Crippen LogP contribution in [-0.2, 0) is 36.0 Å². The second-order valence-electron chi connectivity index (χ2n) is 11.8. The minimum absolute atomic E-state index is 0. The van der Waals surface area contributed by atoms with Crippen molar-refractivity contribution in [3.05, 3.63) is 76.5 Å². The summed E-state index contributed by atoms with van der Waals surface area (Å²) in [5.41, 5.74) is 8.21. The average Bonchev–Trinajstić information content (AvgIpc) is 3.39. The molecule has 0 bridgehead atoms. The van der Waals surface area contributed by atoms with Gasteiger partial charge in [0.1, 0.15) is 5.78 Å². The number of nitrogens with zero attached hydrogens (tertiary/aromatic N) is 1. The number of aryl methyl sites for hydroxylation is 1. The highest BCUT2D eigenvalue weighted by atomic mass is 35.5. The van der Waals surface area contributed by atoms with E-state index in [4.69, 9.17) is 18.9 Å². The molecule has 0 aliphatic carbocycles. The highest BCUT2D eigenvalue weighted by molar-refractivity contribution is 5.99. The molecule has 0 N–H and O–H groups in total. The maximum absolute atomic E-state index is 12.7. The van der Waals surface area contributed by atoms with Gasteiger partial charge in [0.25, 0.3) is 0 Å². The summed E-state index contributed by atoms with van der Waals surface area (Å²) in [6.45, 7) is 9.32. The zero-order chi connectivity index (χ0) is 28.2. The number of halogens is 1. The van der Waals surface area contributed by atoms with Crippen molar-refractivity contribution in [2.24, 2.45) is 0 Å². The van der Waals surface area contributed by atoms with E-state index in [-0.39, 0.29) is 30.4 Å². The molecule has 0 fully saturated rings. The molecule has 0 amide bonds. The number of fused-ring (bicyclic) bond motifs is 5. The number of Topliss-reactive ketones (excluding diaryl/α,β-unsaturated/α-hetero) is 1. The van der Waals surface area contributed by atoms with E-state index in [0.717, 1.165) is 58.6 Å². The van der Waals surface area contributed by atoms with Crippen LogP contribution in [0.2, 0.25) is 0 Å². The third-order valence-corrected chi connectivity index (χ3v) is 8.12. The predicted octanol–water partition coefficient (Wildman–Crippen LogP) is 3.12. The molecule has 6 rings (SSSR count). The van der Waals surface area contributed by atoms with Gasteiger partial charge in [-0.25, -0.2) is 0 Å². The SMILES string of the molecule is COc1ccc2c(Cc3ccc(C(C)(C)C)cc3)c3[n+](c(CC(C)=O)c2c1OC)CCc1cc2c(cc1-3)OCO2.[Cl-]. The number of hydrogen-bond donors (Lipinski definition) is 0. The molecule has 3 aromatic carbocycles. The van der Waals surface area contributed by atoms with Crippen LogP contribution in [-0.4, -0.2) is 26.8 Å². The number of ether oxygens (including phenoxy) is 4. The van der Waals surface area contributed by atoms with Crippen molar-refractivity contribution in [2.75, 3.05) is 21.0 Å². The first-order valence-corrected chi connectivity index (χ1v) is 13.8. The molecule has 4 aromatic rings. The molecular formula is C34H36ClNO5. The van der Waals surface area contributed by atoms with Gasteiger partial charge in [-0.15, -0.1) is 0 Å². The van der Waals surface area contributed by atoms with Crippen molar-refractivity contribution in [1.82, 2.24) is 0 Å². The van der Waals surface area contributed by atoms with Gasteiger partial charge < -0.3 is 31.4 Å². The Morgan fingerprint density at radius 3 is 2.32 bits per heavy atom. The van der Waals surface area contributed by atoms with E-state index < -0.39 is 0 Å². The van der Waals surface area contributed by atoms with E-state index in [1.54, 1.807) is 21.1 Å². The number of methoxy groups -OCH3 is 2. The Labute approximate surface area is 247 Å². The van der Waals surface area contributed by atoms with Crippen molar-refractivity contribution >= 4 is 16.6 Å². The molecule has 2 aliphatic heterocycles. The normalized spacial score (nSPS) is 13.3. The number of benzene rings is 3. The molecule has 0 spiro atoms. The number of carbonyl (C=O) groups is 1. The van der Waals surface area contributed by atoms with Gasteiger partial charge in [0.05, 0.1) is 31.6 Å². The summed E-state index contributed by atoms with van der Waals surface area (Å²) >= 11 is 0. The van der Waals surface area contributed by atoms with Crippen molar-refractivity contribution in [2.45, 2.75) is 58.9 Å². The fraction of sp³-hybridized carbons (Fsp3) is 0.353. The van der Waals surface area contributed by atoms with Gasteiger partial charge in [0, 0.05) is 23.8 Å². The van der Waals surface area contributed by atoms with Crippen LogP contribution >= 0.6 is 0 Å². The minimum Gasteiger partial charge on any atom is -1.00 e. The van der Waals surface area contributed by atoms with Crippen LogP contribution in [0, 0.1) is 0 Å². The fourth-order valence-electron chi connectivity index (χ4n) is 6.15. The molecule has 6 nitrogen and oxygen atoms in total. The summed E-state index contributed by atoms with van der Waals surface area (Å²) in [7, 11) is 3.32. The number of carbonyl (C=O) groups excluding carboxylic acids is 1. The zero-order valence-electron chi connectivity index (χ0n) is 24.5. The Morgan fingerprint density at radius 1 is 0.976 bits per heavy atom. The van der Waals surface area contributed by atoms with Crippen LogP contribution in [0.25, 0.3) is 22.0 Å². The Kier molecular flexibility index (Phi) is 7.64. The zero-order valence-corrected chi connectivity index (χ0v) is 25.3. The second kappa shape index (κ2) is 10.9. The first-order chi connectivity index (χ1) is 19.2. The molecule has 0 saturated heterocycles. The van der Waals surface area contributed by atoms with Crippen LogP contribution in [0.5, 0.6) is 23.0 Å². The smallest absolute Gasteiger partial charge is 0.231 e. The van der Waals surface area contributed by atoms with Gasteiger partial charge in [-0.3, -0.25) is 4.79 Å². The van der Waals surface area contributed by atoms with Crippen LogP contribution in [0.15, 0.2) is 48.5 Å². The van der Waals surface area contributed by atoms with Gasteiger partial charge in [-0.05, 0) is 53.3 Å². The molecule has 0 unspecified atom stereocenters. The average molecular weight is 574 g/mol.